The molecular weight excluding hydrogens is 420 g/mol. The van der Waals surface area contributed by atoms with Crippen molar-refractivity contribution < 1.29 is 28.7 Å². The van der Waals surface area contributed by atoms with Crippen LogP contribution in [0.25, 0.3) is 0 Å². The highest BCUT2D eigenvalue weighted by Gasteiger charge is 2.32. The molecule has 0 amide bonds. The highest BCUT2D eigenvalue weighted by atomic mass is 16.5. The molecule has 0 unspecified atom stereocenters. The summed E-state index contributed by atoms with van der Waals surface area (Å²) < 4.78 is 10.5. The molecule has 0 saturated heterocycles. The van der Waals surface area contributed by atoms with Gasteiger partial charge in [0.05, 0.1) is 0 Å². The Kier molecular flexibility index (Phi) is 9.52. The molecule has 0 spiro atoms. The van der Waals surface area contributed by atoms with E-state index >= 15 is 0 Å². The van der Waals surface area contributed by atoms with Crippen LogP contribution >= 0.6 is 0 Å². The van der Waals surface area contributed by atoms with Crippen molar-refractivity contribution >= 4 is 23.5 Å². The molecule has 0 atom stereocenters. The number of benzene rings is 2. The molecule has 33 heavy (non-hydrogen) atoms. The van der Waals surface area contributed by atoms with Crippen LogP contribution in [0.15, 0.2) is 48.5 Å². The number of ether oxygens (including phenoxy) is 2. The van der Waals surface area contributed by atoms with E-state index in [9.17, 15) is 19.2 Å². The minimum Gasteiger partial charge on any atom is -0.426 e. The first kappa shape index (κ1) is 26.0. The SMILES string of the molecule is CCCCC(CC)(c1ccc(OC(=O)CC(C)=O)cc1)c1ccc(OC(=O)CC(C)=O)cc1. The van der Waals surface area contributed by atoms with Gasteiger partial charge in [-0.2, -0.15) is 0 Å². The van der Waals surface area contributed by atoms with Crippen molar-refractivity contribution in [1.82, 2.24) is 0 Å². The smallest absolute Gasteiger partial charge is 0.318 e. The average molecular weight is 453 g/mol. The average Bonchev–Trinajstić information content (AvgIpc) is 2.75. The molecule has 0 N–H and O–H groups in total. The maximum absolute atomic E-state index is 11.8. The van der Waals surface area contributed by atoms with E-state index in [-0.39, 0.29) is 29.8 Å². The van der Waals surface area contributed by atoms with E-state index in [4.69, 9.17) is 9.47 Å². The fraction of sp³-hybridized carbons (Fsp3) is 0.407. The minimum atomic E-state index is -0.571. The highest BCUT2D eigenvalue weighted by molar-refractivity contribution is 5.95. The predicted molar refractivity (Wildman–Crippen MR) is 125 cm³/mol. The highest BCUT2D eigenvalue weighted by Crippen LogP contribution is 2.41. The van der Waals surface area contributed by atoms with Crippen LogP contribution in [-0.4, -0.2) is 23.5 Å². The van der Waals surface area contributed by atoms with Crippen molar-refractivity contribution in [2.45, 2.75) is 71.6 Å². The standard InChI is InChI=1S/C27H32O6/c1-5-7-16-27(6-2,21-8-12-23(13-9-21)32-25(30)17-19(3)28)22-10-14-24(15-11-22)33-26(31)18-20(4)29/h8-15H,5-7,16-18H2,1-4H3. The van der Waals surface area contributed by atoms with Gasteiger partial charge in [-0.05, 0) is 62.1 Å². The lowest BCUT2D eigenvalue weighted by Gasteiger charge is -2.34. The van der Waals surface area contributed by atoms with Gasteiger partial charge in [-0.25, -0.2) is 0 Å². The van der Waals surface area contributed by atoms with Crippen molar-refractivity contribution in [2.24, 2.45) is 0 Å². The van der Waals surface area contributed by atoms with Gasteiger partial charge in [0.2, 0.25) is 0 Å². The number of hydrogen-bond acceptors (Lipinski definition) is 6. The zero-order valence-corrected chi connectivity index (χ0v) is 19.8. The second-order valence-electron chi connectivity index (χ2n) is 8.29. The number of Topliss-reactive ketones (excluding diaryl/α,β-unsaturated/α-hetero) is 2. The van der Waals surface area contributed by atoms with Gasteiger partial charge in [-0.15, -0.1) is 0 Å². The lowest BCUT2D eigenvalue weighted by atomic mass is 9.69. The molecule has 6 nitrogen and oxygen atoms in total. The third kappa shape index (κ3) is 7.38. The van der Waals surface area contributed by atoms with E-state index in [1.54, 1.807) is 24.3 Å². The third-order valence-corrected chi connectivity index (χ3v) is 5.62. The number of unbranched alkanes of at least 4 members (excludes halogenated alkanes) is 1. The lowest BCUT2D eigenvalue weighted by molar-refractivity contribution is -0.139. The fourth-order valence-corrected chi connectivity index (χ4v) is 3.94. The summed E-state index contributed by atoms with van der Waals surface area (Å²) in [6.07, 6.45) is 3.34. The van der Waals surface area contributed by atoms with Crippen molar-refractivity contribution in [1.29, 1.82) is 0 Å². The largest absolute Gasteiger partial charge is 0.426 e. The minimum absolute atomic E-state index is 0.239. The lowest BCUT2D eigenvalue weighted by Crippen LogP contribution is -2.27. The number of ketones is 2. The number of carbonyl (C=O) groups is 4. The number of rotatable bonds is 12. The molecule has 0 aromatic heterocycles. The quantitative estimate of drug-likeness (QED) is 0.245. The second-order valence-corrected chi connectivity index (χ2v) is 8.29. The van der Waals surface area contributed by atoms with Gasteiger partial charge in [0.25, 0.3) is 0 Å². The van der Waals surface area contributed by atoms with E-state index in [0.29, 0.717) is 11.5 Å². The van der Waals surface area contributed by atoms with Gasteiger partial charge >= 0.3 is 11.9 Å². The molecule has 0 aliphatic carbocycles. The van der Waals surface area contributed by atoms with Gasteiger partial charge in [0.15, 0.2) is 0 Å². The van der Waals surface area contributed by atoms with E-state index in [1.807, 2.05) is 24.3 Å². The van der Waals surface area contributed by atoms with Crippen LogP contribution in [0.1, 0.15) is 77.3 Å². The van der Waals surface area contributed by atoms with Crippen LogP contribution in [0.5, 0.6) is 11.5 Å². The zero-order chi connectivity index (χ0) is 24.4. The summed E-state index contributed by atoms with van der Waals surface area (Å²) in [6.45, 7) is 6.99. The van der Waals surface area contributed by atoms with Gasteiger partial charge in [0.1, 0.15) is 35.9 Å². The van der Waals surface area contributed by atoms with Crippen molar-refractivity contribution in [3.63, 3.8) is 0 Å². The van der Waals surface area contributed by atoms with Gasteiger partial charge in [-0.3, -0.25) is 19.2 Å². The maximum Gasteiger partial charge on any atom is 0.318 e. The zero-order valence-electron chi connectivity index (χ0n) is 19.8. The molecule has 0 heterocycles. The Hall–Kier alpha value is -3.28. The second kappa shape index (κ2) is 12.1. The van der Waals surface area contributed by atoms with Crippen LogP contribution in [-0.2, 0) is 24.6 Å². The molecule has 0 aliphatic heterocycles. The Balaban J connectivity index is 2.30. The first-order valence-electron chi connectivity index (χ1n) is 11.3. The molecule has 0 radical (unpaired) electrons. The summed E-state index contributed by atoms with van der Waals surface area (Å²) >= 11 is 0. The van der Waals surface area contributed by atoms with Crippen molar-refractivity contribution in [3.05, 3.63) is 59.7 Å². The maximum atomic E-state index is 11.8. The summed E-state index contributed by atoms with van der Waals surface area (Å²) in [7, 11) is 0. The number of hydrogen-bond donors (Lipinski definition) is 0. The molecule has 0 saturated carbocycles. The number of carbonyl (C=O) groups excluding carboxylic acids is 4. The fourth-order valence-electron chi connectivity index (χ4n) is 3.94. The molecule has 2 aromatic carbocycles. The van der Waals surface area contributed by atoms with Crippen molar-refractivity contribution in [2.75, 3.05) is 0 Å². The van der Waals surface area contributed by atoms with Crippen molar-refractivity contribution in [3.8, 4) is 11.5 Å². The Morgan fingerprint density at radius 1 is 0.697 bits per heavy atom. The van der Waals surface area contributed by atoms with E-state index in [1.165, 1.54) is 13.8 Å². The summed E-state index contributed by atoms with van der Waals surface area (Å²) in [5, 5.41) is 0. The van der Waals surface area contributed by atoms with Crippen LogP contribution in [0, 0.1) is 0 Å². The summed E-state index contributed by atoms with van der Waals surface area (Å²) in [5.41, 5.74) is 1.91. The molecule has 0 fully saturated rings. The Morgan fingerprint density at radius 2 is 1.09 bits per heavy atom. The van der Waals surface area contributed by atoms with Gasteiger partial charge in [-0.1, -0.05) is 51.0 Å². The summed E-state index contributed by atoms with van der Waals surface area (Å²) in [6, 6.07) is 14.8. The Morgan fingerprint density at radius 3 is 1.39 bits per heavy atom. The Bertz CT molecular complexity index is 899. The van der Waals surface area contributed by atoms with E-state index in [0.717, 1.165) is 36.8 Å². The topological polar surface area (TPSA) is 86.7 Å². The Labute approximate surface area is 195 Å². The van der Waals surface area contributed by atoms with Crippen LogP contribution < -0.4 is 9.47 Å². The van der Waals surface area contributed by atoms with Gasteiger partial charge < -0.3 is 9.47 Å². The molecule has 0 aliphatic rings. The monoisotopic (exact) mass is 452 g/mol. The normalized spacial score (nSPS) is 11.0. The molecule has 2 rings (SSSR count). The molecule has 6 heteroatoms. The first-order chi connectivity index (χ1) is 15.7. The molecule has 0 bridgehead atoms. The third-order valence-electron chi connectivity index (χ3n) is 5.62. The summed E-state index contributed by atoms with van der Waals surface area (Å²) in [5.74, 6) is -0.819. The first-order valence-corrected chi connectivity index (χ1v) is 11.3. The van der Waals surface area contributed by atoms with E-state index in [2.05, 4.69) is 13.8 Å². The van der Waals surface area contributed by atoms with Crippen LogP contribution in [0.2, 0.25) is 0 Å². The molecular formula is C27H32O6. The van der Waals surface area contributed by atoms with Crippen LogP contribution in [0.4, 0.5) is 0 Å². The predicted octanol–water partition coefficient (Wildman–Crippen LogP) is 5.34. The summed E-state index contributed by atoms with van der Waals surface area (Å²) in [4.78, 5) is 45.8. The molecule has 2 aromatic rings. The molecule has 176 valence electrons. The van der Waals surface area contributed by atoms with E-state index < -0.39 is 11.9 Å². The van der Waals surface area contributed by atoms with Crippen LogP contribution in [0.3, 0.4) is 0 Å². The number of esters is 2. The van der Waals surface area contributed by atoms with Gasteiger partial charge in [0, 0.05) is 5.41 Å².